The maximum absolute atomic E-state index is 12.4. The largest absolute Gasteiger partial charge is 0.348 e. The molecule has 128 valence electrons. The molecule has 1 aliphatic carbocycles. The second-order valence-corrected chi connectivity index (χ2v) is 7.94. The third kappa shape index (κ3) is 3.79. The van der Waals surface area contributed by atoms with Gasteiger partial charge in [-0.15, -0.1) is 11.3 Å². The number of nitrogens with zero attached hydrogens (tertiary/aromatic N) is 1. The summed E-state index contributed by atoms with van der Waals surface area (Å²) in [6, 6.07) is 7.77. The van der Waals surface area contributed by atoms with Crippen LogP contribution in [-0.2, 0) is 4.79 Å². The van der Waals surface area contributed by atoms with E-state index in [4.69, 9.17) is 17.3 Å². The molecule has 1 amide bonds. The van der Waals surface area contributed by atoms with Crippen molar-refractivity contribution in [2.75, 3.05) is 0 Å². The quantitative estimate of drug-likeness (QED) is 0.860. The number of thiazole rings is 1. The Balaban J connectivity index is 1.72. The molecule has 1 saturated carbocycles. The van der Waals surface area contributed by atoms with Gasteiger partial charge in [-0.2, -0.15) is 0 Å². The summed E-state index contributed by atoms with van der Waals surface area (Å²) in [4.78, 5) is 18.1. The highest BCUT2D eigenvalue weighted by molar-refractivity contribution is 7.15. The molecule has 0 bridgehead atoms. The number of carbonyl (C=O) groups is 1. The molecule has 0 aliphatic heterocycles. The lowest BCUT2D eigenvalue weighted by molar-refractivity contribution is -0.125. The molecule has 1 heterocycles. The van der Waals surface area contributed by atoms with Crippen LogP contribution in [-0.4, -0.2) is 16.9 Å². The van der Waals surface area contributed by atoms with Crippen LogP contribution < -0.4 is 11.1 Å². The van der Waals surface area contributed by atoms with Crippen molar-refractivity contribution in [1.82, 2.24) is 10.3 Å². The zero-order chi connectivity index (χ0) is 17.3. The number of rotatable bonds is 4. The average Bonchev–Trinajstić information content (AvgIpc) is 3.14. The van der Waals surface area contributed by atoms with Gasteiger partial charge in [-0.25, -0.2) is 4.98 Å². The lowest BCUT2D eigenvalue weighted by atomic mass is 10.1. The van der Waals surface area contributed by atoms with Crippen LogP contribution in [0.1, 0.15) is 42.8 Å². The maximum Gasteiger partial charge on any atom is 0.223 e. The highest BCUT2D eigenvalue weighted by atomic mass is 35.5. The van der Waals surface area contributed by atoms with Crippen LogP contribution in [0.5, 0.6) is 0 Å². The minimum absolute atomic E-state index is 0.0476. The summed E-state index contributed by atoms with van der Waals surface area (Å²) in [5.74, 6) is 0.155. The summed E-state index contributed by atoms with van der Waals surface area (Å²) >= 11 is 7.56. The van der Waals surface area contributed by atoms with Crippen molar-refractivity contribution in [1.29, 1.82) is 0 Å². The Morgan fingerprint density at radius 2 is 2.08 bits per heavy atom. The normalized spacial score (nSPS) is 21.7. The molecule has 6 heteroatoms. The molecule has 0 spiro atoms. The van der Waals surface area contributed by atoms with Crippen molar-refractivity contribution in [2.45, 2.75) is 45.2 Å². The Kier molecular flexibility index (Phi) is 5.23. The topological polar surface area (TPSA) is 68.0 Å². The number of aromatic nitrogens is 1. The maximum atomic E-state index is 12.4. The molecule has 2 aromatic rings. The number of hydrogen-bond acceptors (Lipinski definition) is 4. The Labute approximate surface area is 151 Å². The molecular formula is C18H22ClN3OS. The Hall–Kier alpha value is -1.43. The summed E-state index contributed by atoms with van der Waals surface area (Å²) in [6.45, 7) is 4.00. The highest BCUT2D eigenvalue weighted by Crippen LogP contribution is 2.33. The zero-order valence-corrected chi connectivity index (χ0v) is 15.5. The Morgan fingerprint density at radius 3 is 2.71 bits per heavy atom. The molecule has 3 N–H and O–H groups in total. The van der Waals surface area contributed by atoms with E-state index >= 15 is 0 Å². The van der Waals surface area contributed by atoms with Crippen molar-refractivity contribution in [3.8, 4) is 10.6 Å². The first-order valence-corrected chi connectivity index (χ1v) is 9.42. The van der Waals surface area contributed by atoms with E-state index in [0.717, 1.165) is 40.4 Å². The molecule has 3 atom stereocenters. The van der Waals surface area contributed by atoms with Gasteiger partial charge in [0.1, 0.15) is 5.01 Å². The first kappa shape index (κ1) is 17.4. The molecule has 1 aliphatic rings. The molecule has 3 rings (SSSR count). The van der Waals surface area contributed by atoms with Crippen LogP contribution in [0.15, 0.2) is 24.3 Å². The number of aryl methyl sites for hydroxylation is 1. The minimum atomic E-state index is -0.0483. The molecule has 1 aromatic carbocycles. The summed E-state index contributed by atoms with van der Waals surface area (Å²) in [5.41, 5.74) is 7.91. The number of carbonyl (C=O) groups excluding carboxylic acids is 1. The smallest absolute Gasteiger partial charge is 0.223 e. The van der Waals surface area contributed by atoms with E-state index in [9.17, 15) is 4.79 Å². The summed E-state index contributed by atoms with van der Waals surface area (Å²) in [5, 5.41) is 4.79. The van der Waals surface area contributed by atoms with Crippen molar-refractivity contribution in [3.05, 3.63) is 39.9 Å². The van der Waals surface area contributed by atoms with E-state index in [-0.39, 0.29) is 23.9 Å². The summed E-state index contributed by atoms with van der Waals surface area (Å²) in [7, 11) is 0. The van der Waals surface area contributed by atoms with E-state index in [1.165, 1.54) is 0 Å². The van der Waals surface area contributed by atoms with E-state index in [0.29, 0.717) is 5.02 Å². The Bertz CT molecular complexity index is 728. The first-order valence-electron chi connectivity index (χ1n) is 8.23. The molecular weight excluding hydrogens is 342 g/mol. The lowest BCUT2D eigenvalue weighted by Crippen LogP contribution is -2.32. The van der Waals surface area contributed by atoms with Crippen LogP contribution in [0.4, 0.5) is 0 Å². The molecule has 1 aromatic heterocycles. The standard InChI is InChI=1S/C18H22ClN3OS/c1-10(21-17(23)13-5-8-15(20)9-13)16-11(2)22-18(24-16)12-3-6-14(19)7-4-12/h3-4,6-7,10,13,15H,5,8-9,20H2,1-2H3,(H,21,23). The van der Waals surface area contributed by atoms with Crippen molar-refractivity contribution >= 4 is 28.8 Å². The van der Waals surface area contributed by atoms with Gasteiger partial charge >= 0.3 is 0 Å². The fraction of sp³-hybridized carbons (Fsp3) is 0.444. The van der Waals surface area contributed by atoms with Gasteiger partial charge < -0.3 is 11.1 Å². The van der Waals surface area contributed by atoms with Gasteiger partial charge in [0.2, 0.25) is 5.91 Å². The zero-order valence-electron chi connectivity index (χ0n) is 13.9. The van der Waals surface area contributed by atoms with Crippen molar-refractivity contribution < 1.29 is 4.79 Å². The average molecular weight is 364 g/mol. The number of hydrogen-bond donors (Lipinski definition) is 2. The molecule has 0 radical (unpaired) electrons. The van der Waals surface area contributed by atoms with E-state index in [1.54, 1.807) is 11.3 Å². The number of halogens is 1. The predicted molar refractivity (Wildman–Crippen MR) is 99.2 cm³/mol. The SMILES string of the molecule is Cc1nc(-c2ccc(Cl)cc2)sc1C(C)NC(=O)C1CCC(N)C1. The van der Waals surface area contributed by atoms with Gasteiger partial charge in [-0.1, -0.05) is 23.7 Å². The van der Waals surface area contributed by atoms with Gasteiger partial charge in [0, 0.05) is 22.5 Å². The third-order valence-corrected chi connectivity index (χ3v) is 6.16. The van der Waals surface area contributed by atoms with Gasteiger partial charge in [0.05, 0.1) is 16.6 Å². The van der Waals surface area contributed by atoms with Gasteiger partial charge in [0.15, 0.2) is 0 Å². The molecule has 24 heavy (non-hydrogen) atoms. The summed E-state index contributed by atoms with van der Waals surface area (Å²) < 4.78 is 0. The fourth-order valence-electron chi connectivity index (χ4n) is 3.18. The fourth-order valence-corrected chi connectivity index (χ4v) is 4.38. The van der Waals surface area contributed by atoms with Crippen molar-refractivity contribution in [2.24, 2.45) is 11.7 Å². The van der Waals surface area contributed by atoms with Crippen molar-refractivity contribution in [3.63, 3.8) is 0 Å². The second-order valence-electron chi connectivity index (χ2n) is 6.48. The van der Waals surface area contributed by atoms with Crippen LogP contribution >= 0.6 is 22.9 Å². The molecule has 3 unspecified atom stereocenters. The van der Waals surface area contributed by atoms with Crippen LogP contribution in [0, 0.1) is 12.8 Å². The van der Waals surface area contributed by atoms with E-state index in [2.05, 4.69) is 10.3 Å². The molecule has 0 saturated heterocycles. The number of amides is 1. The number of nitrogens with one attached hydrogen (secondary N) is 1. The first-order chi connectivity index (χ1) is 11.4. The third-order valence-electron chi connectivity index (χ3n) is 4.52. The number of benzene rings is 1. The van der Waals surface area contributed by atoms with E-state index < -0.39 is 0 Å². The van der Waals surface area contributed by atoms with Crippen LogP contribution in [0.2, 0.25) is 5.02 Å². The monoisotopic (exact) mass is 363 g/mol. The number of nitrogens with two attached hydrogens (primary N) is 1. The molecule has 1 fully saturated rings. The molecule has 4 nitrogen and oxygen atoms in total. The highest BCUT2D eigenvalue weighted by Gasteiger charge is 2.29. The lowest BCUT2D eigenvalue weighted by Gasteiger charge is -2.16. The van der Waals surface area contributed by atoms with Gasteiger partial charge in [-0.3, -0.25) is 4.79 Å². The van der Waals surface area contributed by atoms with E-state index in [1.807, 2.05) is 38.1 Å². The van der Waals surface area contributed by atoms with Gasteiger partial charge in [-0.05, 0) is 45.2 Å². The predicted octanol–water partition coefficient (Wildman–Crippen LogP) is 4.08. The second kappa shape index (κ2) is 7.21. The Morgan fingerprint density at radius 1 is 1.38 bits per heavy atom. The summed E-state index contributed by atoms with van der Waals surface area (Å²) in [6.07, 6.45) is 2.61. The van der Waals surface area contributed by atoms with Crippen LogP contribution in [0.25, 0.3) is 10.6 Å². The van der Waals surface area contributed by atoms with Crippen LogP contribution in [0.3, 0.4) is 0 Å². The minimum Gasteiger partial charge on any atom is -0.348 e. The van der Waals surface area contributed by atoms with Gasteiger partial charge in [0.25, 0.3) is 0 Å².